The number of ether oxygens (including phenoxy) is 1. The number of hydrogen-bond acceptors (Lipinski definition) is 3. The number of amides is 1. The molecule has 0 aliphatic heterocycles. The van der Waals surface area contributed by atoms with Gasteiger partial charge in [0.05, 0.1) is 13.2 Å². The normalized spacial score (nSPS) is 11.2. The predicted octanol–water partition coefficient (Wildman–Crippen LogP) is 1.74. The Kier molecular flexibility index (Phi) is 5.83. The molecule has 4 nitrogen and oxygen atoms in total. The number of rotatable bonds is 7. The van der Waals surface area contributed by atoms with E-state index in [2.05, 4.69) is 16.7 Å². The summed E-state index contributed by atoms with van der Waals surface area (Å²) in [4.78, 5) is 11.6. The van der Waals surface area contributed by atoms with E-state index < -0.39 is 0 Å². The molecule has 0 fully saturated rings. The third kappa shape index (κ3) is 5.75. The van der Waals surface area contributed by atoms with Crippen molar-refractivity contribution >= 4 is 5.91 Å². The quantitative estimate of drug-likeness (QED) is 0.788. The molecule has 0 saturated carbocycles. The largest absolute Gasteiger partial charge is 0.494 e. The number of benzene rings is 1. The Hall–Kier alpha value is -1.55. The van der Waals surface area contributed by atoms with Gasteiger partial charge in [-0.2, -0.15) is 0 Å². The summed E-state index contributed by atoms with van der Waals surface area (Å²) >= 11 is 0. The molecule has 0 unspecified atom stereocenters. The average Bonchev–Trinajstić information content (AvgIpc) is 2.28. The van der Waals surface area contributed by atoms with Crippen LogP contribution in [0.3, 0.4) is 0 Å². The van der Waals surface area contributed by atoms with Crippen molar-refractivity contribution in [1.29, 1.82) is 0 Å². The molecular weight excluding hydrogens is 240 g/mol. The second-order valence-electron chi connectivity index (χ2n) is 5.22. The van der Waals surface area contributed by atoms with Crippen LogP contribution in [0.2, 0.25) is 0 Å². The van der Waals surface area contributed by atoms with Crippen molar-refractivity contribution < 1.29 is 9.53 Å². The fourth-order valence-corrected chi connectivity index (χ4v) is 2.05. The first-order chi connectivity index (χ1) is 8.96. The molecule has 1 aromatic carbocycles. The molecule has 0 aromatic heterocycles. The van der Waals surface area contributed by atoms with Gasteiger partial charge in [-0.05, 0) is 51.9 Å². The van der Waals surface area contributed by atoms with Gasteiger partial charge in [0.2, 0.25) is 5.91 Å². The Morgan fingerprint density at radius 2 is 2.11 bits per heavy atom. The van der Waals surface area contributed by atoms with Crippen molar-refractivity contribution in [3.63, 3.8) is 0 Å². The first-order valence-corrected chi connectivity index (χ1v) is 6.64. The molecule has 1 amide bonds. The molecule has 0 aliphatic carbocycles. The maximum absolute atomic E-state index is 11.6. The molecule has 0 radical (unpaired) electrons. The molecular formula is C15H24N2O2. The van der Waals surface area contributed by atoms with Gasteiger partial charge in [0.25, 0.3) is 0 Å². The van der Waals surface area contributed by atoms with Crippen molar-refractivity contribution in [3.8, 4) is 5.75 Å². The van der Waals surface area contributed by atoms with Crippen LogP contribution in [-0.4, -0.2) is 31.6 Å². The highest BCUT2D eigenvalue weighted by Gasteiger charge is 2.20. The lowest BCUT2D eigenvalue weighted by Gasteiger charge is -2.26. The van der Waals surface area contributed by atoms with Gasteiger partial charge in [-0.15, -0.1) is 0 Å². The van der Waals surface area contributed by atoms with Crippen LogP contribution in [0.5, 0.6) is 5.75 Å². The molecule has 0 heterocycles. The lowest BCUT2D eigenvalue weighted by atomic mass is 9.94. The molecule has 4 heteroatoms. The monoisotopic (exact) mass is 264 g/mol. The Morgan fingerprint density at radius 1 is 1.37 bits per heavy atom. The highest BCUT2D eigenvalue weighted by atomic mass is 16.5. The highest BCUT2D eigenvalue weighted by Crippen LogP contribution is 2.18. The van der Waals surface area contributed by atoms with Crippen molar-refractivity contribution in [2.45, 2.75) is 32.7 Å². The van der Waals surface area contributed by atoms with Crippen LogP contribution in [0.4, 0.5) is 0 Å². The number of likely N-dealkylation sites (N-methyl/N-ethyl adjacent to an activating group) is 1. The smallest absolute Gasteiger partial charge is 0.234 e. The number of carbonyl (C=O) groups excluding carboxylic acids is 1. The third-order valence-corrected chi connectivity index (χ3v) is 2.67. The first kappa shape index (κ1) is 15.5. The maximum atomic E-state index is 11.6. The Bertz CT molecular complexity index is 416. The summed E-state index contributed by atoms with van der Waals surface area (Å²) < 4.78 is 5.48. The standard InChI is InChI=1S/C15H24N2O2/c1-5-19-13-8-6-7-12(9-13)10-15(2,3)17-14(18)11-16-4/h6-9,16H,5,10-11H2,1-4H3,(H,17,18). The SMILES string of the molecule is CCOc1cccc(CC(C)(C)NC(=O)CNC)c1. The predicted molar refractivity (Wildman–Crippen MR) is 77.5 cm³/mol. The fraction of sp³-hybridized carbons (Fsp3) is 0.533. The van der Waals surface area contributed by atoms with Gasteiger partial charge in [0, 0.05) is 5.54 Å². The zero-order chi connectivity index (χ0) is 14.3. The van der Waals surface area contributed by atoms with Crippen LogP contribution >= 0.6 is 0 Å². The van der Waals surface area contributed by atoms with E-state index in [1.165, 1.54) is 0 Å². The first-order valence-electron chi connectivity index (χ1n) is 6.64. The summed E-state index contributed by atoms with van der Waals surface area (Å²) in [6.45, 7) is 7.00. The van der Waals surface area contributed by atoms with Crippen molar-refractivity contribution in [3.05, 3.63) is 29.8 Å². The maximum Gasteiger partial charge on any atom is 0.234 e. The zero-order valence-electron chi connectivity index (χ0n) is 12.2. The van der Waals surface area contributed by atoms with Gasteiger partial charge >= 0.3 is 0 Å². The minimum Gasteiger partial charge on any atom is -0.494 e. The Balaban J connectivity index is 2.66. The second kappa shape index (κ2) is 7.14. The van der Waals surface area contributed by atoms with E-state index in [9.17, 15) is 4.79 Å². The van der Waals surface area contributed by atoms with Crippen LogP contribution in [0.15, 0.2) is 24.3 Å². The fourth-order valence-electron chi connectivity index (χ4n) is 2.05. The molecule has 0 bridgehead atoms. The van der Waals surface area contributed by atoms with Gasteiger partial charge in [-0.3, -0.25) is 4.79 Å². The molecule has 0 aliphatic rings. The molecule has 1 rings (SSSR count). The van der Waals surface area contributed by atoms with E-state index in [0.717, 1.165) is 17.7 Å². The summed E-state index contributed by atoms with van der Waals surface area (Å²) in [5, 5.41) is 5.86. The van der Waals surface area contributed by atoms with Crippen molar-refractivity contribution in [2.24, 2.45) is 0 Å². The van der Waals surface area contributed by atoms with Crippen LogP contribution in [0, 0.1) is 0 Å². The van der Waals surface area contributed by atoms with Crippen molar-refractivity contribution in [1.82, 2.24) is 10.6 Å². The molecule has 106 valence electrons. The summed E-state index contributed by atoms with van der Waals surface area (Å²) in [6, 6.07) is 8.00. The van der Waals surface area contributed by atoms with E-state index in [0.29, 0.717) is 13.2 Å². The van der Waals surface area contributed by atoms with Crippen molar-refractivity contribution in [2.75, 3.05) is 20.2 Å². The summed E-state index contributed by atoms with van der Waals surface area (Å²) in [5.74, 6) is 0.880. The molecule has 1 aromatic rings. The van der Waals surface area contributed by atoms with Crippen LogP contribution in [0.1, 0.15) is 26.3 Å². The van der Waals surface area contributed by atoms with E-state index in [1.807, 2.05) is 39.0 Å². The van der Waals surface area contributed by atoms with Gasteiger partial charge in [0.15, 0.2) is 0 Å². The van der Waals surface area contributed by atoms with E-state index >= 15 is 0 Å². The van der Waals surface area contributed by atoms with E-state index in [4.69, 9.17) is 4.74 Å². The number of hydrogen-bond donors (Lipinski definition) is 2. The molecule has 2 N–H and O–H groups in total. The minimum atomic E-state index is -0.279. The summed E-state index contributed by atoms with van der Waals surface area (Å²) in [6.07, 6.45) is 0.767. The molecule has 0 spiro atoms. The van der Waals surface area contributed by atoms with Gasteiger partial charge in [-0.25, -0.2) is 0 Å². The highest BCUT2D eigenvalue weighted by molar-refractivity contribution is 5.78. The molecule has 0 saturated heterocycles. The molecule has 0 atom stereocenters. The second-order valence-corrected chi connectivity index (χ2v) is 5.22. The lowest BCUT2D eigenvalue weighted by Crippen LogP contribution is -2.47. The summed E-state index contributed by atoms with van der Waals surface area (Å²) in [5.41, 5.74) is 0.874. The minimum absolute atomic E-state index is 0.00784. The number of carbonyl (C=O) groups is 1. The third-order valence-electron chi connectivity index (χ3n) is 2.67. The average molecular weight is 264 g/mol. The Morgan fingerprint density at radius 3 is 2.74 bits per heavy atom. The summed E-state index contributed by atoms with van der Waals surface area (Å²) in [7, 11) is 1.76. The van der Waals surface area contributed by atoms with Gasteiger partial charge < -0.3 is 15.4 Å². The zero-order valence-corrected chi connectivity index (χ0v) is 12.2. The topological polar surface area (TPSA) is 50.4 Å². The van der Waals surface area contributed by atoms with Crippen LogP contribution in [-0.2, 0) is 11.2 Å². The van der Waals surface area contributed by atoms with Crippen LogP contribution in [0.25, 0.3) is 0 Å². The molecule has 19 heavy (non-hydrogen) atoms. The van der Waals surface area contributed by atoms with Gasteiger partial charge in [-0.1, -0.05) is 12.1 Å². The lowest BCUT2D eigenvalue weighted by molar-refractivity contribution is -0.121. The van der Waals surface area contributed by atoms with E-state index in [1.54, 1.807) is 7.05 Å². The van der Waals surface area contributed by atoms with Gasteiger partial charge in [0.1, 0.15) is 5.75 Å². The van der Waals surface area contributed by atoms with E-state index in [-0.39, 0.29) is 11.4 Å². The Labute approximate surface area is 115 Å². The number of nitrogens with one attached hydrogen (secondary N) is 2. The van der Waals surface area contributed by atoms with Crippen LogP contribution < -0.4 is 15.4 Å².